The number of rotatable bonds is 5. The molecule has 106 valence electrons. The van der Waals surface area contributed by atoms with Crippen LogP contribution in [-0.2, 0) is 6.54 Å². The van der Waals surface area contributed by atoms with Gasteiger partial charge in [-0.1, -0.05) is 12.1 Å². The minimum atomic E-state index is 0.770. The second kappa shape index (κ2) is 6.39. The SMILES string of the molecule is N#Cc1cccc(CN2CCCC(CNC3CC3)C2)c1. The summed E-state index contributed by atoms with van der Waals surface area (Å²) in [5, 5.41) is 12.6. The molecule has 1 unspecified atom stereocenters. The monoisotopic (exact) mass is 269 g/mol. The van der Waals surface area contributed by atoms with Gasteiger partial charge in [0.1, 0.15) is 0 Å². The summed E-state index contributed by atoms with van der Waals surface area (Å²) in [6.45, 7) is 4.54. The van der Waals surface area contributed by atoms with Crippen LogP contribution < -0.4 is 5.32 Å². The standard InChI is InChI=1S/C17H23N3/c18-10-14-3-1-4-15(9-14)12-20-8-2-5-16(13-20)11-19-17-6-7-17/h1,3-4,9,16-17,19H,2,5-8,11-13H2. The lowest BCUT2D eigenvalue weighted by Gasteiger charge is -2.33. The van der Waals surface area contributed by atoms with Crippen LogP contribution in [0, 0.1) is 17.2 Å². The van der Waals surface area contributed by atoms with E-state index in [4.69, 9.17) is 5.26 Å². The first-order valence-electron chi connectivity index (χ1n) is 7.78. The number of nitrogens with zero attached hydrogens (tertiary/aromatic N) is 2. The van der Waals surface area contributed by atoms with E-state index in [1.165, 1.54) is 50.9 Å². The van der Waals surface area contributed by atoms with Gasteiger partial charge in [0.2, 0.25) is 0 Å². The van der Waals surface area contributed by atoms with Gasteiger partial charge in [-0.25, -0.2) is 0 Å². The highest BCUT2D eigenvalue weighted by molar-refractivity contribution is 5.32. The van der Waals surface area contributed by atoms with Gasteiger partial charge >= 0.3 is 0 Å². The number of hydrogen-bond acceptors (Lipinski definition) is 3. The van der Waals surface area contributed by atoms with Gasteiger partial charge in [0.25, 0.3) is 0 Å². The van der Waals surface area contributed by atoms with Gasteiger partial charge in [-0.05, 0) is 62.4 Å². The Kier molecular flexibility index (Phi) is 4.34. The average molecular weight is 269 g/mol. The quantitative estimate of drug-likeness (QED) is 0.892. The van der Waals surface area contributed by atoms with Gasteiger partial charge < -0.3 is 5.32 Å². The molecule has 3 rings (SSSR count). The third-order valence-corrected chi connectivity index (χ3v) is 4.34. The summed E-state index contributed by atoms with van der Waals surface area (Å²) in [7, 11) is 0. The fourth-order valence-electron chi connectivity index (χ4n) is 3.08. The lowest BCUT2D eigenvalue weighted by atomic mass is 9.97. The Labute approximate surface area is 121 Å². The minimum Gasteiger partial charge on any atom is -0.314 e. The number of nitriles is 1. The molecule has 0 amide bonds. The van der Waals surface area contributed by atoms with E-state index >= 15 is 0 Å². The van der Waals surface area contributed by atoms with Crippen LogP contribution in [0.1, 0.15) is 36.8 Å². The van der Waals surface area contributed by atoms with Crippen LogP contribution in [0.5, 0.6) is 0 Å². The van der Waals surface area contributed by atoms with Crippen molar-refractivity contribution in [3.63, 3.8) is 0 Å². The van der Waals surface area contributed by atoms with E-state index < -0.39 is 0 Å². The first-order chi connectivity index (χ1) is 9.83. The van der Waals surface area contributed by atoms with Gasteiger partial charge in [-0.2, -0.15) is 5.26 Å². The Morgan fingerprint density at radius 2 is 2.20 bits per heavy atom. The van der Waals surface area contributed by atoms with Crippen molar-refractivity contribution in [1.82, 2.24) is 10.2 Å². The smallest absolute Gasteiger partial charge is 0.0991 e. The van der Waals surface area contributed by atoms with Gasteiger partial charge in [0.15, 0.2) is 0 Å². The molecular weight excluding hydrogens is 246 g/mol. The van der Waals surface area contributed by atoms with Crippen molar-refractivity contribution in [2.24, 2.45) is 5.92 Å². The Bertz CT molecular complexity index is 487. The van der Waals surface area contributed by atoms with Crippen molar-refractivity contribution in [2.75, 3.05) is 19.6 Å². The molecular formula is C17H23N3. The van der Waals surface area contributed by atoms with E-state index in [0.717, 1.165) is 24.1 Å². The van der Waals surface area contributed by atoms with Gasteiger partial charge in [-0.3, -0.25) is 4.90 Å². The van der Waals surface area contributed by atoms with E-state index in [0.29, 0.717) is 0 Å². The predicted octanol–water partition coefficient (Wildman–Crippen LogP) is 2.52. The largest absolute Gasteiger partial charge is 0.314 e. The minimum absolute atomic E-state index is 0.770. The molecule has 1 aromatic carbocycles. The van der Waals surface area contributed by atoms with Crippen LogP contribution in [0.25, 0.3) is 0 Å². The molecule has 1 aliphatic heterocycles. The van der Waals surface area contributed by atoms with Gasteiger partial charge in [0.05, 0.1) is 11.6 Å². The number of likely N-dealkylation sites (tertiary alicyclic amines) is 1. The Morgan fingerprint density at radius 3 is 3.00 bits per heavy atom. The third kappa shape index (κ3) is 3.82. The molecule has 20 heavy (non-hydrogen) atoms. The van der Waals surface area contributed by atoms with Crippen molar-refractivity contribution in [1.29, 1.82) is 5.26 Å². The Hall–Kier alpha value is -1.37. The molecule has 0 radical (unpaired) electrons. The zero-order valence-corrected chi connectivity index (χ0v) is 12.0. The molecule has 1 saturated carbocycles. The van der Waals surface area contributed by atoms with Crippen LogP contribution >= 0.6 is 0 Å². The molecule has 0 aromatic heterocycles. The second-order valence-electron chi connectivity index (χ2n) is 6.24. The van der Waals surface area contributed by atoms with Crippen molar-refractivity contribution in [3.05, 3.63) is 35.4 Å². The molecule has 0 bridgehead atoms. The molecule has 1 aliphatic carbocycles. The maximum Gasteiger partial charge on any atom is 0.0991 e. The summed E-state index contributed by atoms with van der Waals surface area (Å²) in [5.41, 5.74) is 2.03. The van der Waals surface area contributed by atoms with E-state index in [2.05, 4.69) is 22.4 Å². The highest BCUT2D eigenvalue weighted by atomic mass is 15.1. The molecule has 0 spiro atoms. The molecule has 1 saturated heterocycles. The molecule has 1 aromatic rings. The van der Waals surface area contributed by atoms with E-state index in [-0.39, 0.29) is 0 Å². The second-order valence-corrected chi connectivity index (χ2v) is 6.24. The topological polar surface area (TPSA) is 39.1 Å². The molecule has 2 fully saturated rings. The van der Waals surface area contributed by atoms with Crippen LogP contribution in [0.3, 0.4) is 0 Å². The van der Waals surface area contributed by atoms with Crippen molar-refractivity contribution in [3.8, 4) is 6.07 Å². The van der Waals surface area contributed by atoms with Crippen LogP contribution in [0.2, 0.25) is 0 Å². The fourth-order valence-corrected chi connectivity index (χ4v) is 3.08. The van der Waals surface area contributed by atoms with Crippen LogP contribution in [-0.4, -0.2) is 30.6 Å². The molecule has 1 atom stereocenters. The van der Waals surface area contributed by atoms with Crippen molar-refractivity contribution in [2.45, 2.75) is 38.3 Å². The van der Waals surface area contributed by atoms with Crippen molar-refractivity contribution < 1.29 is 0 Å². The van der Waals surface area contributed by atoms with E-state index in [1.54, 1.807) is 0 Å². The molecule has 1 N–H and O–H groups in total. The highest BCUT2D eigenvalue weighted by Gasteiger charge is 2.24. The number of hydrogen-bond donors (Lipinski definition) is 1. The number of benzene rings is 1. The maximum atomic E-state index is 8.97. The zero-order chi connectivity index (χ0) is 13.8. The maximum absolute atomic E-state index is 8.97. The Balaban J connectivity index is 1.52. The molecule has 1 heterocycles. The van der Waals surface area contributed by atoms with Gasteiger partial charge in [0, 0.05) is 19.1 Å². The normalized spacial score (nSPS) is 23.4. The predicted molar refractivity (Wildman–Crippen MR) is 80.2 cm³/mol. The van der Waals surface area contributed by atoms with Crippen LogP contribution in [0.15, 0.2) is 24.3 Å². The first kappa shape index (κ1) is 13.6. The summed E-state index contributed by atoms with van der Waals surface area (Å²) < 4.78 is 0. The summed E-state index contributed by atoms with van der Waals surface area (Å²) in [4.78, 5) is 2.54. The van der Waals surface area contributed by atoms with E-state index in [9.17, 15) is 0 Å². The molecule has 3 nitrogen and oxygen atoms in total. The first-order valence-corrected chi connectivity index (χ1v) is 7.78. The van der Waals surface area contributed by atoms with E-state index in [1.807, 2.05) is 18.2 Å². The molecule has 3 heteroatoms. The lowest BCUT2D eigenvalue weighted by Crippen LogP contribution is -2.39. The number of piperidine rings is 1. The molecule has 2 aliphatic rings. The highest BCUT2D eigenvalue weighted by Crippen LogP contribution is 2.22. The van der Waals surface area contributed by atoms with Crippen LogP contribution in [0.4, 0.5) is 0 Å². The lowest BCUT2D eigenvalue weighted by molar-refractivity contribution is 0.165. The summed E-state index contributed by atoms with van der Waals surface area (Å²) in [6.07, 6.45) is 5.40. The number of nitrogens with one attached hydrogen (secondary N) is 1. The fraction of sp³-hybridized carbons (Fsp3) is 0.588. The van der Waals surface area contributed by atoms with Crippen molar-refractivity contribution >= 4 is 0 Å². The zero-order valence-electron chi connectivity index (χ0n) is 12.0. The summed E-state index contributed by atoms with van der Waals surface area (Å²) in [5.74, 6) is 0.795. The average Bonchev–Trinajstić information content (AvgIpc) is 3.30. The summed E-state index contributed by atoms with van der Waals surface area (Å²) in [6, 6.07) is 11.1. The summed E-state index contributed by atoms with van der Waals surface area (Å²) >= 11 is 0. The Morgan fingerprint density at radius 1 is 1.30 bits per heavy atom. The van der Waals surface area contributed by atoms with Gasteiger partial charge in [-0.15, -0.1) is 0 Å². The third-order valence-electron chi connectivity index (χ3n) is 4.34.